The monoisotopic (exact) mass is 449 g/mol. The molecule has 0 spiro atoms. The summed E-state index contributed by atoms with van der Waals surface area (Å²) in [7, 11) is 0. The molecule has 1 aliphatic rings. The lowest BCUT2D eigenvalue weighted by Gasteiger charge is -2.43. The van der Waals surface area contributed by atoms with E-state index >= 15 is 0 Å². The number of nitrogens with zero attached hydrogens (tertiary/aromatic N) is 1. The van der Waals surface area contributed by atoms with Crippen molar-refractivity contribution in [1.29, 1.82) is 0 Å². The number of alkyl carbamates (subject to hydrolysis) is 1. The fourth-order valence-electron chi connectivity index (χ4n) is 3.46. The molecular formula is C23H35N3O6. The van der Waals surface area contributed by atoms with Crippen LogP contribution in [0.2, 0.25) is 0 Å². The summed E-state index contributed by atoms with van der Waals surface area (Å²) in [5, 5.41) is 24.8. The first-order chi connectivity index (χ1) is 14.9. The molecule has 2 rings (SSSR count). The lowest BCUT2D eigenvalue weighted by Crippen LogP contribution is -2.58. The maximum atomic E-state index is 13.5. The van der Waals surface area contributed by atoms with Crippen LogP contribution < -0.4 is 10.6 Å². The summed E-state index contributed by atoms with van der Waals surface area (Å²) in [4.78, 5) is 40.4. The van der Waals surface area contributed by atoms with E-state index in [2.05, 4.69) is 10.6 Å². The van der Waals surface area contributed by atoms with Crippen LogP contribution in [0.15, 0.2) is 24.3 Å². The first-order valence-corrected chi connectivity index (χ1v) is 10.9. The van der Waals surface area contributed by atoms with Crippen LogP contribution in [-0.2, 0) is 14.3 Å². The highest BCUT2D eigenvalue weighted by Crippen LogP contribution is 2.34. The average molecular weight is 450 g/mol. The van der Waals surface area contributed by atoms with E-state index in [-0.39, 0.29) is 23.7 Å². The SMILES string of the molecule is CC(C)NC(=O)C(c1ccc(O)cc1)N(C(=O)C(CO)NC(=O)OC(C)(C)C)C1CCC1. The fourth-order valence-corrected chi connectivity index (χ4v) is 3.46. The van der Waals surface area contributed by atoms with E-state index in [1.165, 1.54) is 17.0 Å². The number of aliphatic hydroxyl groups is 1. The normalized spacial score (nSPS) is 16.0. The van der Waals surface area contributed by atoms with E-state index in [9.17, 15) is 24.6 Å². The van der Waals surface area contributed by atoms with Crippen LogP contribution in [0.1, 0.15) is 65.5 Å². The Morgan fingerprint density at radius 1 is 1.12 bits per heavy atom. The fraction of sp³-hybridized carbons (Fsp3) is 0.609. The van der Waals surface area contributed by atoms with Gasteiger partial charge >= 0.3 is 6.09 Å². The second kappa shape index (κ2) is 10.7. The second-order valence-corrected chi connectivity index (χ2v) is 9.37. The molecule has 2 atom stereocenters. The summed E-state index contributed by atoms with van der Waals surface area (Å²) in [5.74, 6) is -0.905. The van der Waals surface area contributed by atoms with Gasteiger partial charge in [0.1, 0.15) is 23.4 Å². The Hall–Kier alpha value is -2.81. The van der Waals surface area contributed by atoms with Crippen LogP contribution in [0.4, 0.5) is 4.79 Å². The minimum atomic E-state index is -1.27. The molecule has 2 unspecified atom stereocenters. The number of rotatable bonds is 8. The molecule has 1 aliphatic carbocycles. The van der Waals surface area contributed by atoms with Crippen LogP contribution in [-0.4, -0.2) is 63.4 Å². The van der Waals surface area contributed by atoms with Gasteiger partial charge < -0.3 is 30.5 Å². The van der Waals surface area contributed by atoms with E-state index < -0.39 is 36.3 Å². The molecule has 0 heterocycles. The molecule has 32 heavy (non-hydrogen) atoms. The predicted molar refractivity (Wildman–Crippen MR) is 119 cm³/mol. The van der Waals surface area contributed by atoms with Crippen LogP contribution in [0.3, 0.4) is 0 Å². The molecule has 1 fully saturated rings. The highest BCUT2D eigenvalue weighted by atomic mass is 16.6. The van der Waals surface area contributed by atoms with Crippen molar-refractivity contribution in [3.63, 3.8) is 0 Å². The Bertz CT molecular complexity index is 799. The molecule has 0 saturated heterocycles. The molecular weight excluding hydrogens is 414 g/mol. The largest absolute Gasteiger partial charge is 0.508 e. The Balaban J connectivity index is 2.39. The third-order valence-electron chi connectivity index (χ3n) is 5.06. The van der Waals surface area contributed by atoms with Gasteiger partial charge in [0.15, 0.2) is 0 Å². The average Bonchev–Trinajstić information content (AvgIpc) is 2.63. The third-order valence-corrected chi connectivity index (χ3v) is 5.06. The zero-order valence-electron chi connectivity index (χ0n) is 19.4. The van der Waals surface area contributed by atoms with Gasteiger partial charge in [-0.25, -0.2) is 4.79 Å². The number of aromatic hydroxyl groups is 1. The molecule has 0 aliphatic heterocycles. The lowest BCUT2D eigenvalue weighted by molar-refractivity contribution is -0.148. The van der Waals surface area contributed by atoms with Crippen molar-refractivity contribution >= 4 is 17.9 Å². The highest BCUT2D eigenvalue weighted by molar-refractivity contribution is 5.92. The molecule has 9 heteroatoms. The summed E-state index contributed by atoms with van der Waals surface area (Å²) in [6.07, 6.45) is 1.50. The number of carbonyl (C=O) groups is 3. The number of hydrogen-bond acceptors (Lipinski definition) is 6. The van der Waals surface area contributed by atoms with Crippen LogP contribution in [0.5, 0.6) is 5.75 Å². The number of aliphatic hydroxyl groups excluding tert-OH is 1. The van der Waals surface area contributed by atoms with Gasteiger partial charge in [-0.1, -0.05) is 12.1 Å². The summed E-state index contributed by atoms with van der Waals surface area (Å²) < 4.78 is 5.22. The second-order valence-electron chi connectivity index (χ2n) is 9.37. The van der Waals surface area contributed by atoms with Crippen LogP contribution in [0, 0.1) is 0 Å². The molecule has 0 radical (unpaired) electrons. The smallest absolute Gasteiger partial charge is 0.408 e. The van der Waals surface area contributed by atoms with Crippen molar-refractivity contribution < 1.29 is 29.3 Å². The van der Waals surface area contributed by atoms with Gasteiger partial charge in [-0.3, -0.25) is 9.59 Å². The Labute approximate surface area is 189 Å². The number of amides is 3. The molecule has 0 bridgehead atoms. The van der Waals surface area contributed by atoms with E-state index in [0.717, 1.165) is 6.42 Å². The molecule has 9 nitrogen and oxygen atoms in total. The molecule has 1 aromatic rings. The maximum Gasteiger partial charge on any atom is 0.408 e. The van der Waals surface area contributed by atoms with Crippen LogP contribution in [0.25, 0.3) is 0 Å². The first kappa shape index (κ1) is 25.5. The number of phenolic OH excluding ortho intramolecular Hbond substituents is 1. The summed E-state index contributed by atoms with van der Waals surface area (Å²) in [6, 6.07) is 3.47. The molecule has 4 N–H and O–H groups in total. The third kappa shape index (κ3) is 6.85. The Kier molecular flexibility index (Phi) is 8.49. The van der Waals surface area contributed by atoms with E-state index in [4.69, 9.17) is 4.74 Å². The van der Waals surface area contributed by atoms with Gasteiger partial charge in [-0.2, -0.15) is 0 Å². The maximum absolute atomic E-state index is 13.5. The minimum Gasteiger partial charge on any atom is -0.508 e. The molecule has 1 aromatic carbocycles. The number of phenols is 1. The van der Waals surface area contributed by atoms with Crippen LogP contribution >= 0.6 is 0 Å². The van der Waals surface area contributed by atoms with E-state index in [1.807, 2.05) is 13.8 Å². The van der Waals surface area contributed by atoms with Gasteiger partial charge in [-0.15, -0.1) is 0 Å². The number of hydrogen-bond donors (Lipinski definition) is 4. The number of benzene rings is 1. The van der Waals surface area contributed by atoms with Gasteiger partial charge in [0, 0.05) is 12.1 Å². The number of ether oxygens (including phenoxy) is 1. The number of carbonyl (C=O) groups excluding carboxylic acids is 3. The molecule has 0 aromatic heterocycles. The lowest BCUT2D eigenvalue weighted by atomic mass is 9.88. The van der Waals surface area contributed by atoms with Gasteiger partial charge in [0.2, 0.25) is 11.8 Å². The first-order valence-electron chi connectivity index (χ1n) is 10.9. The van der Waals surface area contributed by atoms with Gasteiger partial charge in [0.05, 0.1) is 6.61 Å². The van der Waals surface area contributed by atoms with E-state index in [1.54, 1.807) is 32.9 Å². The summed E-state index contributed by atoms with van der Waals surface area (Å²) >= 11 is 0. The quantitative estimate of drug-likeness (QED) is 0.482. The van der Waals surface area contributed by atoms with E-state index in [0.29, 0.717) is 18.4 Å². The Morgan fingerprint density at radius 2 is 1.72 bits per heavy atom. The van der Waals surface area contributed by atoms with Crippen molar-refractivity contribution in [3.05, 3.63) is 29.8 Å². The molecule has 3 amide bonds. The van der Waals surface area contributed by atoms with Gasteiger partial charge in [0.25, 0.3) is 0 Å². The predicted octanol–water partition coefficient (Wildman–Crippen LogP) is 2.22. The Morgan fingerprint density at radius 3 is 2.16 bits per heavy atom. The topological polar surface area (TPSA) is 128 Å². The number of nitrogens with one attached hydrogen (secondary N) is 2. The van der Waals surface area contributed by atoms with Crippen molar-refractivity contribution in [2.45, 2.75) is 83.6 Å². The molecule has 178 valence electrons. The van der Waals surface area contributed by atoms with Crippen molar-refractivity contribution in [3.8, 4) is 5.75 Å². The minimum absolute atomic E-state index is 0.0399. The van der Waals surface area contributed by atoms with Crippen molar-refractivity contribution in [1.82, 2.24) is 15.5 Å². The van der Waals surface area contributed by atoms with Gasteiger partial charge in [-0.05, 0) is 71.6 Å². The van der Waals surface area contributed by atoms with Crippen molar-refractivity contribution in [2.24, 2.45) is 0 Å². The summed E-state index contributed by atoms with van der Waals surface area (Å²) in [6.45, 7) is 8.08. The zero-order valence-corrected chi connectivity index (χ0v) is 19.4. The van der Waals surface area contributed by atoms with Crippen molar-refractivity contribution in [2.75, 3.05) is 6.61 Å². The highest BCUT2D eigenvalue weighted by Gasteiger charge is 2.42. The standard InChI is InChI=1S/C23H35N3O6/c1-14(2)24-20(29)19(15-9-11-17(28)12-10-15)26(16-7-6-8-16)21(30)18(13-27)25-22(31)32-23(3,4)5/h9-12,14,16,18-19,27-28H,6-8,13H2,1-5H3,(H,24,29)(H,25,31). The molecule has 1 saturated carbocycles. The summed E-state index contributed by atoms with van der Waals surface area (Å²) in [5.41, 5.74) is -0.248. The zero-order chi connectivity index (χ0) is 24.1.